The first kappa shape index (κ1) is 12.9. The highest BCUT2D eigenvalue weighted by Gasteiger charge is 2.25. The molecule has 4 heteroatoms. The maximum Gasteiger partial charge on any atom is 0.217 e. The summed E-state index contributed by atoms with van der Waals surface area (Å²) in [4.78, 5) is 21.7. The third-order valence-electron chi connectivity index (χ3n) is 1.98. The molecule has 0 saturated heterocycles. The van der Waals surface area contributed by atoms with E-state index in [2.05, 4.69) is 10.6 Å². The van der Waals surface area contributed by atoms with Crippen molar-refractivity contribution in [3.05, 3.63) is 0 Å². The van der Waals surface area contributed by atoms with E-state index in [0.717, 1.165) is 0 Å². The standard InChI is InChI=1S/C10H20N2O2/c1-7(13)11-6-9(10(3,4)5)12-8(2)14/h9H,6H2,1-5H3,(H,11,13)(H,12,14). The monoisotopic (exact) mass is 200 g/mol. The lowest BCUT2D eigenvalue weighted by Crippen LogP contribution is -2.49. The third-order valence-corrected chi connectivity index (χ3v) is 1.98. The van der Waals surface area contributed by atoms with Gasteiger partial charge in [0.05, 0.1) is 6.04 Å². The summed E-state index contributed by atoms with van der Waals surface area (Å²) in [7, 11) is 0. The number of carbonyl (C=O) groups excluding carboxylic acids is 2. The molecular formula is C10H20N2O2. The molecule has 0 rings (SSSR count). The molecule has 0 bridgehead atoms. The maximum atomic E-state index is 10.9. The van der Waals surface area contributed by atoms with Gasteiger partial charge in [-0.3, -0.25) is 9.59 Å². The average molecular weight is 200 g/mol. The van der Waals surface area contributed by atoms with Gasteiger partial charge >= 0.3 is 0 Å². The second kappa shape index (κ2) is 4.98. The summed E-state index contributed by atoms with van der Waals surface area (Å²) in [5.74, 6) is -0.153. The summed E-state index contributed by atoms with van der Waals surface area (Å²) in [5, 5.41) is 5.53. The van der Waals surface area contributed by atoms with Crippen LogP contribution in [-0.4, -0.2) is 24.4 Å². The van der Waals surface area contributed by atoms with E-state index in [-0.39, 0.29) is 23.3 Å². The number of carbonyl (C=O) groups is 2. The number of amides is 2. The predicted octanol–water partition coefficient (Wildman–Crippen LogP) is 0.673. The molecule has 0 aliphatic heterocycles. The van der Waals surface area contributed by atoms with Crippen LogP contribution in [0.4, 0.5) is 0 Å². The van der Waals surface area contributed by atoms with Crippen LogP contribution in [0.1, 0.15) is 34.6 Å². The Morgan fingerprint density at radius 3 is 1.93 bits per heavy atom. The van der Waals surface area contributed by atoms with Gasteiger partial charge in [0.25, 0.3) is 0 Å². The highest BCUT2D eigenvalue weighted by atomic mass is 16.2. The highest BCUT2D eigenvalue weighted by molar-refractivity contribution is 5.74. The van der Waals surface area contributed by atoms with Gasteiger partial charge in [0, 0.05) is 20.4 Å². The van der Waals surface area contributed by atoms with Crippen LogP contribution in [0.25, 0.3) is 0 Å². The van der Waals surface area contributed by atoms with E-state index >= 15 is 0 Å². The Balaban J connectivity index is 4.26. The first-order chi connectivity index (χ1) is 6.23. The van der Waals surface area contributed by atoms with Crippen molar-refractivity contribution in [3.63, 3.8) is 0 Å². The van der Waals surface area contributed by atoms with E-state index in [0.29, 0.717) is 6.54 Å². The topological polar surface area (TPSA) is 58.2 Å². The molecule has 2 N–H and O–H groups in total. The first-order valence-electron chi connectivity index (χ1n) is 4.75. The van der Waals surface area contributed by atoms with Crippen LogP contribution >= 0.6 is 0 Å². The normalized spacial score (nSPS) is 13.2. The smallest absolute Gasteiger partial charge is 0.217 e. The van der Waals surface area contributed by atoms with Crippen molar-refractivity contribution in [1.29, 1.82) is 0 Å². The number of rotatable bonds is 3. The molecule has 1 atom stereocenters. The number of hydrogen-bond acceptors (Lipinski definition) is 2. The second-order valence-electron chi connectivity index (χ2n) is 4.56. The van der Waals surface area contributed by atoms with Crippen LogP contribution in [0, 0.1) is 5.41 Å². The number of hydrogen-bond donors (Lipinski definition) is 2. The van der Waals surface area contributed by atoms with Crippen LogP contribution in [0.2, 0.25) is 0 Å². The quantitative estimate of drug-likeness (QED) is 0.703. The maximum absolute atomic E-state index is 10.9. The molecule has 0 aromatic rings. The van der Waals surface area contributed by atoms with Crippen LogP contribution in [0.3, 0.4) is 0 Å². The molecule has 0 fully saturated rings. The van der Waals surface area contributed by atoms with Crippen molar-refractivity contribution in [2.45, 2.75) is 40.7 Å². The SMILES string of the molecule is CC(=O)NCC(NC(C)=O)C(C)(C)C. The fourth-order valence-corrected chi connectivity index (χ4v) is 1.06. The molecule has 2 amide bonds. The lowest BCUT2D eigenvalue weighted by molar-refractivity contribution is -0.122. The second-order valence-corrected chi connectivity index (χ2v) is 4.56. The molecule has 14 heavy (non-hydrogen) atoms. The molecule has 1 unspecified atom stereocenters. The summed E-state index contributed by atoms with van der Waals surface area (Å²) in [5.41, 5.74) is -0.0614. The van der Waals surface area contributed by atoms with E-state index in [4.69, 9.17) is 0 Å². The van der Waals surface area contributed by atoms with E-state index in [1.54, 1.807) is 0 Å². The molecular weight excluding hydrogens is 180 g/mol. The lowest BCUT2D eigenvalue weighted by atomic mass is 9.86. The molecule has 0 spiro atoms. The van der Waals surface area contributed by atoms with Crippen molar-refractivity contribution < 1.29 is 9.59 Å². The molecule has 0 radical (unpaired) electrons. The fourth-order valence-electron chi connectivity index (χ4n) is 1.06. The van der Waals surface area contributed by atoms with Gasteiger partial charge in [-0.05, 0) is 5.41 Å². The Labute approximate surface area is 85.4 Å². The van der Waals surface area contributed by atoms with Gasteiger partial charge in [-0.15, -0.1) is 0 Å². The third kappa shape index (κ3) is 5.56. The summed E-state index contributed by atoms with van der Waals surface area (Å²) in [6, 6.07) is -0.0381. The molecule has 82 valence electrons. The van der Waals surface area contributed by atoms with Crippen LogP contribution < -0.4 is 10.6 Å². The van der Waals surface area contributed by atoms with Crippen LogP contribution in [-0.2, 0) is 9.59 Å². The zero-order valence-electron chi connectivity index (χ0n) is 9.60. The Morgan fingerprint density at radius 2 is 1.64 bits per heavy atom. The molecule has 4 nitrogen and oxygen atoms in total. The van der Waals surface area contributed by atoms with Crippen LogP contribution in [0.15, 0.2) is 0 Å². The Bertz CT molecular complexity index is 219. The minimum Gasteiger partial charge on any atom is -0.354 e. The van der Waals surface area contributed by atoms with Crippen molar-refractivity contribution in [2.75, 3.05) is 6.54 Å². The minimum atomic E-state index is -0.0791. The van der Waals surface area contributed by atoms with Crippen molar-refractivity contribution in [2.24, 2.45) is 5.41 Å². The predicted molar refractivity (Wildman–Crippen MR) is 55.7 cm³/mol. The summed E-state index contributed by atoms with van der Waals surface area (Å²) in [6.07, 6.45) is 0. The van der Waals surface area contributed by atoms with Gasteiger partial charge in [-0.1, -0.05) is 20.8 Å². The lowest BCUT2D eigenvalue weighted by Gasteiger charge is -2.31. The molecule has 0 aromatic heterocycles. The molecule has 0 saturated carbocycles. The summed E-state index contributed by atoms with van der Waals surface area (Å²) in [6.45, 7) is 9.48. The van der Waals surface area contributed by atoms with Crippen molar-refractivity contribution in [3.8, 4) is 0 Å². The van der Waals surface area contributed by atoms with Crippen molar-refractivity contribution in [1.82, 2.24) is 10.6 Å². The largest absolute Gasteiger partial charge is 0.354 e. The average Bonchev–Trinajstić information content (AvgIpc) is 1.94. The highest BCUT2D eigenvalue weighted by Crippen LogP contribution is 2.18. The van der Waals surface area contributed by atoms with E-state index in [1.165, 1.54) is 13.8 Å². The Hall–Kier alpha value is -1.06. The molecule has 0 heterocycles. The summed E-state index contributed by atoms with van der Waals surface area (Å²) >= 11 is 0. The molecule has 0 aliphatic rings. The Morgan fingerprint density at radius 1 is 1.14 bits per heavy atom. The van der Waals surface area contributed by atoms with E-state index < -0.39 is 0 Å². The van der Waals surface area contributed by atoms with Gasteiger partial charge in [0.1, 0.15) is 0 Å². The van der Waals surface area contributed by atoms with Gasteiger partial charge in [-0.25, -0.2) is 0 Å². The molecule has 0 aromatic carbocycles. The minimum absolute atomic E-state index is 0.0381. The van der Waals surface area contributed by atoms with Gasteiger partial charge in [-0.2, -0.15) is 0 Å². The van der Waals surface area contributed by atoms with Crippen LogP contribution in [0.5, 0.6) is 0 Å². The van der Waals surface area contributed by atoms with Gasteiger partial charge in [0.15, 0.2) is 0 Å². The first-order valence-corrected chi connectivity index (χ1v) is 4.75. The van der Waals surface area contributed by atoms with Gasteiger partial charge < -0.3 is 10.6 Å². The molecule has 0 aliphatic carbocycles. The van der Waals surface area contributed by atoms with E-state index in [1.807, 2.05) is 20.8 Å². The zero-order chi connectivity index (χ0) is 11.4. The fraction of sp³-hybridized carbons (Fsp3) is 0.800. The van der Waals surface area contributed by atoms with Crippen molar-refractivity contribution >= 4 is 11.8 Å². The van der Waals surface area contributed by atoms with E-state index in [9.17, 15) is 9.59 Å². The number of nitrogens with one attached hydrogen (secondary N) is 2. The Kier molecular flexibility index (Phi) is 4.60. The van der Waals surface area contributed by atoms with Gasteiger partial charge in [0.2, 0.25) is 11.8 Å². The summed E-state index contributed by atoms with van der Waals surface area (Å²) < 4.78 is 0. The zero-order valence-corrected chi connectivity index (χ0v) is 9.60.